The van der Waals surface area contributed by atoms with Crippen LogP contribution in [0.2, 0.25) is 0 Å². The summed E-state index contributed by atoms with van der Waals surface area (Å²) >= 11 is 3.95. The largest absolute Gasteiger partial charge is 0.350 e. The minimum atomic E-state index is -0.299. The molecule has 1 amide bonds. The van der Waals surface area contributed by atoms with Crippen molar-refractivity contribution < 1.29 is 4.79 Å². The van der Waals surface area contributed by atoms with Gasteiger partial charge in [0.25, 0.3) is 5.91 Å². The molecule has 0 radical (unpaired) electrons. The van der Waals surface area contributed by atoms with Crippen LogP contribution in [-0.2, 0) is 0 Å². The molecule has 1 aliphatic heterocycles. The van der Waals surface area contributed by atoms with Gasteiger partial charge in [0, 0.05) is 29.2 Å². The Hall–Kier alpha value is -0.650. The summed E-state index contributed by atoms with van der Waals surface area (Å²) < 4.78 is 0.527. The molecule has 1 aromatic carbocycles. The molecule has 0 aliphatic carbocycles. The van der Waals surface area contributed by atoms with E-state index in [2.05, 4.69) is 31.3 Å². The van der Waals surface area contributed by atoms with Crippen LogP contribution >= 0.6 is 23.5 Å². The molecule has 1 heterocycles. The van der Waals surface area contributed by atoms with Crippen LogP contribution in [0, 0.1) is 0 Å². The molecule has 0 unspecified atom stereocenters. The maximum absolute atomic E-state index is 12.2. The summed E-state index contributed by atoms with van der Waals surface area (Å²) in [4.78, 5) is 12.2. The van der Waals surface area contributed by atoms with Crippen LogP contribution in [0.1, 0.15) is 47.2 Å². The number of amides is 1. The minimum Gasteiger partial charge on any atom is -0.350 e. The first kappa shape index (κ1) is 16.7. The van der Waals surface area contributed by atoms with E-state index in [9.17, 15) is 4.79 Å². The molecule has 0 saturated carbocycles. The Morgan fingerprint density at radius 1 is 1.24 bits per heavy atom. The molecule has 1 fully saturated rings. The second-order valence-electron chi connectivity index (χ2n) is 5.45. The van der Waals surface area contributed by atoms with E-state index in [1.54, 1.807) is 0 Å². The van der Waals surface area contributed by atoms with Crippen molar-refractivity contribution in [3.63, 3.8) is 0 Å². The number of nitrogens with two attached hydrogens (primary N) is 1. The Labute approximate surface area is 135 Å². The number of carbonyl (C=O) groups is 1. The fourth-order valence-electron chi connectivity index (χ4n) is 2.20. The number of carbonyl (C=O) groups excluding carboxylic acids is 1. The number of rotatable bonds is 6. The van der Waals surface area contributed by atoms with Crippen molar-refractivity contribution in [2.24, 2.45) is 5.73 Å². The predicted octanol–water partition coefficient (Wildman–Crippen LogP) is 3.41. The molecule has 0 aromatic heterocycles. The van der Waals surface area contributed by atoms with Crippen molar-refractivity contribution in [2.75, 3.05) is 18.1 Å². The number of nitrogens with one attached hydrogen (secondary N) is 1. The highest BCUT2D eigenvalue weighted by Crippen LogP contribution is 2.45. The molecule has 3 N–H and O–H groups in total. The third kappa shape index (κ3) is 4.41. The van der Waals surface area contributed by atoms with Gasteiger partial charge in [-0.15, -0.1) is 23.5 Å². The molecular formula is C16H24N2OS2. The molecule has 1 saturated heterocycles. The van der Waals surface area contributed by atoms with E-state index < -0.39 is 0 Å². The molecule has 1 aromatic rings. The molecule has 21 heavy (non-hydrogen) atoms. The molecule has 5 heteroatoms. The number of hydrogen-bond donors (Lipinski definition) is 2. The molecule has 0 spiro atoms. The zero-order valence-corrected chi connectivity index (χ0v) is 14.4. The first-order chi connectivity index (χ1) is 10.1. The van der Waals surface area contributed by atoms with Crippen LogP contribution < -0.4 is 11.1 Å². The second kappa shape index (κ2) is 7.56. The maximum Gasteiger partial charge on any atom is 0.251 e. The lowest BCUT2D eigenvalue weighted by Crippen LogP contribution is -2.49. The molecular weight excluding hydrogens is 300 g/mol. The molecule has 116 valence electrons. The summed E-state index contributed by atoms with van der Waals surface area (Å²) in [5, 5.41) is 2.96. The Morgan fingerprint density at radius 3 is 2.33 bits per heavy atom. The Bertz CT molecular complexity index is 466. The van der Waals surface area contributed by atoms with Gasteiger partial charge in [-0.05, 0) is 30.5 Å². The van der Waals surface area contributed by atoms with Gasteiger partial charge in [0.15, 0.2) is 0 Å². The summed E-state index contributed by atoms with van der Waals surface area (Å²) in [7, 11) is 0. The lowest BCUT2D eigenvalue weighted by molar-refractivity contribution is 0.0942. The van der Waals surface area contributed by atoms with E-state index in [1.165, 1.54) is 17.1 Å². The van der Waals surface area contributed by atoms with Crippen molar-refractivity contribution in [1.82, 2.24) is 5.32 Å². The smallest absolute Gasteiger partial charge is 0.251 e. The lowest BCUT2D eigenvalue weighted by Gasteiger charge is -2.26. The summed E-state index contributed by atoms with van der Waals surface area (Å²) in [6, 6.07) is 7.97. The van der Waals surface area contributed by atoms with Crippen LogP contribution in [0.4, 0.5) is 0 Å². The van der Waals surface area contributed by atoms with E-state index in [1.807, 2.05) is 35.7 Å². The summed E-state index contributed by atoms with van der Waals surface area (Å²) in [6.45, 7) is 4.64. The topological polar surface area (TPSA) is 55.1 Å². The van der Waals surface area contributed by atoms with Crippen LogP contribution in [0.5, 0.6) is 0 Å². The van der Waals surface area contributed by atoms with Crippen molar-refractivity contribution in [1.29, 1.82) is 0 Å². The average Bonchev–Trinajstić information content (AvgIpc) is 3.07. The second-order valence-corrected chi connectivity index (χ2v) is 8.17. The quantitative estimate of drug-likeness (QED) is 0.842. The van der Waals surface area contributed by atoms with E-state index in [0.29, 0.717) is 16.7 Å². The molecule has 2 rings (SSSR count). The van der Waals surface area contributed by atoms with Gasteiger partial charge in [-0.2, -0.15) is 0 Å². The highest BCUT2D eigenvalue weighted by atomic mass is 32.2. The van der Waals surface area contributed by atoms with E-state index >= 15 is 0 Å². The monoisotopic (exact) mass is 324 g/mol. The normalized spacial score (nSPS) is 16.1. The van der Waals surface area contributed by atoms with Crippen molar-refractivity contribution in [3.8, 4) is 0 Å². The van der Waals surface area contributed by atoms with Crippen molar-refractivity contribution >= 4 is 29.4 Å². The van der Waals surface area contributed by atoms with E-state index in [4.69, 9.17) is 5.73 Å². The van der Waals surface area contributed by atoms with Crippen LogP contribution in [0.3, 0.4) is 0 Å². The Balaban J connectivity index is 1.93. The zero-order valence-electron chi connectivity index (χ0n) is 12.7. The highest BCUT2D eigenvalue weighted by Gasteiger charge is 2.22. The molecule has 0 atom stereocenters. The highest BCUT2D eigenvalue weighted by molar-refractivity contribution is 8.19. The zero-order chi connectivity index (χ0) is 15.3. The standard InChI is InChI=1S/C16H24N2OS2/c1-3-16(17,4-2)11-18-14(19)12-5-7-13(8-6-12)15-20-9-10-21-15/h5-8,15H,3-4,9-11,17H2,1-2H3,(H,18,19). The third-order valence-corrected chi connectivity index (χ3v) is 7.18. The van der Waals surface area contributed by atoms with Gasteiger partial charge in [0.2, 0.25) is 0 Å². The van der Waals surface area contributed by atoms with E-state index in [-0.39, 0.29) is 11.4 Å². The first-order valence-electron chi connectivity index (χ1n) is 7.48. The SMILES string of the molecule is CCC(N)(CC)CNC(=O)c1ccc(C2SCCS2)cc1. The molecule has 1 aliphatic rings. The number of hydrogen-bond acceptors (Lipinski definition) is 4. The Kier molecular flexibility index (Phi) is 6.02. The predicted molar refractivity (Wildman–Crippen MR) is 93.9 cm³/mol. The van der Waals surface area contributed by atoms with Gasteiger partial charge in [-0.1, -0.05) is 26.0 Å². The first-order valence-corrected chi connectivity index (χ1v) is 9.58. The van der Waals surface area contributed by atoms with Crippen molar-refractivity contribution in [2.45, 2.75) is 36.8 Å². The van der Waals surface area contributed by atoms with Crippen molar-refractivity contribution in [3.05, 3.63) is 35.4 Å². The Morgan fingerprint density at radius 2 is 1.81 bits per heavy atom. The number of benzene rings is 1. The van der Waals surface area contributed by atoms with Gasteiger partial charge >= 0.3 is 0 Å². The maximum atomic E-state index is 12.2. The average molecular weight is 325 g/mol. The minimum absolute atomic E-state index is 0.0370. The number of thioether (sulfide) groups is 2. The van der Waals surface area contributed by atoms with Gasteiger partial charge in [-0.3, -0.25) is 4.79 Å². The van der Waals surface area contributed by atoms with Gasteiger partial charge in [0.05, 0.1) is 4.58 Å². The molecule has 3 nitrogen and oxygen atoms in total. The third-order valence-electron chi connectivity index (χ3n) is 4.08. The molecule has 0 bridgehead atoms. The summed E-state index contributed by atoms with van der Waals surface area (Å²) in [5.74, 6) is 2.39. The summed E-state index contributed by atoms with van der Waals surface area (Å²) in [6.07, 6.45) is 1.72. The lowest BCUT2D eigenvalue weighted by atomic mass is 9.94. The van der Waals surface area contributed by atoms with Crippen LogP contribution in [0.25, 0.3) is 0 Å². The van der Waals surface area contributed by atoms with Gasteiger partial charge < -0.3 is 11.1 Å². The fraction of sp³-hybridized carbons (Fsp3) is 0.562. The van der Waals surface area contributed by atoms with Gasteiger partial charge in [-0.25, -0.2) is 0 Å². The van der Waals surface area contributed by atoms with Crippen LogP contribution in [0.15, 0.2) is 24.3 Å². The summed E-state index contributed by atoms with van der Waals surface area (Å²) in [5.41, 5.74) is 7.92. The van der Waals surface area contributed by atoms with E-state index in [0.717, 1.165) is 12.8 Å². The fourth-order valence-corrected chi connectivity index (χ4v) is 5.06. The van der Waals surface area contributed by atoms with Gasteiger partial charge in [0.1, 0.15) is 0 Å². The van der Waals surface area contributed by atoms with Crippen LogP contribution in [-0.4, -0.2) is 29.5 Å².